The van der Waals surface area contributed by atoms with Crippen LogP contribution in [0.25, 0.3) is 0 Å². The summed E-state index contributed by atoms with van der Waals surface area (Å²) in [6, 6.07) is 0. The van der Waals surface area contributed by atoms with Gasteiger partial charge in [0, 0.05) is 18.3 Å². The zero-order valence-electron chi connectivity index (χ0n) is 9.65. The Balaban J connectivity index is 1.81. The molecule has 0 radical (unpaired) electrons. The summed E-state index contributed by atoms with van der Waals surface area (Å²) in [5, 5.41) is 12.2. The predicted molar refractivity (Wildman–Crippen MR) is 64.0 cm³/mol. The van der Waals surface area contributed by atoms with Gasteiger partial charge in [-0.15, -0.1) is 16.4 Å². The maximum atomic E-state index is 11.6. The number of aromatic amines is 1. The van der Waals surface area contributed by atoms with Crippen LogP contribution >= 0.6 is 11.3 Å². The molecule has 0 fully saturated rings. The average Bonchev–Trinajstić information content (AvgIpc) is 2.88. The fourth-order valence-corrected chi connectivity index (χ4v) is 2.00. The summed E-state index contributed by atoms with van der Waals surface area (Å²) in [7, 11) is 0. The van der Waals surface area contributed by atoms with Gasteiger partial charge in [0.25, 0.3) is 5.91 Å². The smallest absolute Gasteiger partial charge is 0.290 e. The zero-order chi connectivity index (χ0) is 12.3. The fourth-order valence-electron chi connectivity index (χ4n) is 1.35. The van der Waals surface area contributed by atoms with Crippen LogP contribution in [-0.2, 0) is 6.42 Å². The largest absolute Gasteiger partial charge is 0.349 e. The first-order valence-electron chi connectivity index (χ1n) is 5.23. The third-order valence-electron chi connectivity index (χ3n) is 2.13. The van der Waals surface area contributed by atoms with E-state index in [0.29, 0.717) is 12.4 Å². The van der Waals surface area contributed by atoms with E-state index in [1.54, 1.807) is 18.3 Å². The van der Waals surface area contributed by atoms with E-state index in [1.807, 2.05) is 12.3 Å². The minimum absolute atomic E-state index is 0.178. The molecule has 1 amide bonds. The number of hydrogen-bond donors (Lipinski definition) is 2. The maximum absolute atomic E-state index is 11.6. The third kappa shape index (κ3) is 3.10. The second-order valence-electron chi connectivity index (χ2n) is 3.61. The Morgan fingerprint density at radius 2 is 2.29 bits per heavy atom. The second-order valence-corrected chi connectivity index (χ2v) is 4.67. The molecule has 2 heterocycles. The highest BCUT2D eigenvalue weighted by Gasteiger charge is 2.10. The van der Waals surface area contributed by atoms with Crippen LogP contribution in [0.1, 0.15) is 27.1 Å². The molecule has 2 N–H and O–H groups in total. The Kier molecular flexibility index (Phi) is 3.48. The number of carbonyl (C=O) groups is 1. The normalized spacial score (nSPS) is 10.5. The van der Waals surface area contributed by atoms with E-state index in [1.165, 1.54) is 0 Å². The molecule has 2 rings (SSSR count). The standard InChI is InChI=1S/C10H13N5OS/c1-6-12-9(15-14-6)10(16)11-4-3-8-5-17-7(2)13-8/h5H,3-4H2,1-2H3,(H,11,16)(H,12,14,15). The summed E-state index contributed by atoms with van der Waals surface area (Å²) in [4.78, 5) is 19.8. The Morgan fingerprint density at radius 1 is 1.47 bits per heavy atom. The lowest BCUT2D eigenvalue weighted by Gasteiger charge is -1.99. The van der Waals surface area contributed by atoms with Crippen LogP contribution in [0, 0.1) is 13.8 Å². The minimum atomic E-state index is -0.263. The number of aromatic nitrogens is 4. The molecule has 0 saturated heterocycles. The second kappa shape index (κ2) is 5.05. The summed E-state index contributed by atoms with van der Waals surface area (Å²) in [6.45, 7) is 4.25. The van der Waals surface area contributed by atoms with Gasteiger partial charge in [-0.25, -0.2) is 9.97 Å². The quantitative estimate of drug-likeness (QED) is 0.843. The van der Waals surface area contributed by atoms with E-state index in [4.69, 9.17) is 0 Å². The van der Waals surface area contributed by atoms with E-state index in [-0.39, 0.29) is 11.7 Å². The van der Waals surface area contributed by atoms with Crippen molar-refractivity contribution in [3.05, 3.63) is 27.7 Å². The Bertz CT molecular complexity index is 518. The molecule has 0 unspecified atom stereocenters. The number of hydrogen-bond acceptors (Lipinski definition) is 5. The first kappa shape index (κ1) is 11.7. The van der Waals surface area contributed by atoms with Crippen molar-refractivity contribution in [1.29, 1.82) is 0 Å². The highest BCUT2D eigenvalue weighted by molar-refractivity contribution is 7.09. The summed E-state index contributed by atoms with van der Waals surface area (Å²) >= 11 is 1.61. The molecule has 0 atom stereocenters. The van der Waals surface area contributed by atoms with Crippen LogP contribution in [0.4, 0.5) is 0 Å². The lowest BCUT2D eigenvalue weighted by atomic mass is 10.3. The van der Waals surface area contributed by atoms with Crippen molar-refractivity contribution in [2.75, 3.05) is 6.54 Å². The first-order chi connectivity index (χ1) is 8.15. The van der Waals surface area contributed by atoms with Crippen molar-refractivity contribution >= 4 is 17.2 Å². The molecule has 17 heavy (non-hydrogen) atoms. The zero-order valence-corrected chi connectivity index (χ0v) is 10.5. The number of amides is 1. The van der Waals surface area contributed by atoms with Crippen LogP contribution < -0.4 is 5.32 Å². The minimum Gasteiger partial charge on any atom is -0.349 e. The topological polar surface area (TPSA) is 83.6 Å². The number of carbonyl (C=O) groups excluding carboxylic acids is 1. The molecule has 2 aromatic heterocycles. The number of nitrogens with zero attached hydrogens (tertiary/aromatic N) is 3. The van der Waals surface area contributed by atoms with Gasteiger partial charge in [0.05, 0.1) is 10.7 Å². The molecule has 0 aliphatic heterocycles. The third-order valence-corrected chi connectivity index (χ3v) is 2.96. The van der Waals surface area contributed by atoms with Crippen molar-refractivity contribution in [2.45, 2.75) is 20.3 Å². The van der Waals surface area contributed by atoms with Crippen molar-refractivity contribution in [2.24, 2.45) is 0 Å². The van der Waals surface area contributed by atoms with Crippen LogP contribution in [-0.4, -0.2) is 32.6 Å². The number of aryl methyl sites for hydroxylation is 2. The molecule has 0 saturated carbocycles. The Hall–Kier alpha value is -1.76. The lowest BCUT2D eigenvalue weighted by Crippen LogP contribution is -2.26. The van der Waals surface area contributed by atoms with E-state index < -0.39 is 0 Å². The van der Waals surface area contributed by atoms with E-state index >= 15 is 0 Å². The summed E-state index contributed by atoms with van der Waals surface area (Å²) in [6.07, 6.45) is 0.722. The summed E-state index contributed by atoms with van der Waals surface area (Å²) < 4.78 is 0. The van der Waals surface area contributed by atoms with Crippen molar-refractivity contribution < 1.29 is 4.79 Å². The van der Waals surface area contributed by atoms with Crippen LogP contribution in [0.2, 0.25) is 0 Å². The Morgan fingerprint density at radius 3 is 2.88 bits per heavy atom. The molecule has 0 aliphatic carbocycles. The number of rotatable bonds is 4. The van der Waals surface area contributed by atoms with E-state index in [2.05, 4.69) is 25.5 Å². The molecule has 0 spiro atoms. The van der Waals surface area contributed by atoms with Gasteiger partial charge in [0.2, 0.25) is 5.82 Å². The Labute approximate surface area is 103 Å². The summed E-state index contributed by atoms with van der Waals surface area (Å²) in [5.74, 6) is 0.545. The predicted octanol–water partition coefficient (Wildman–Crippen LogP) is 0.851. The SMILES string of the molecule is Cc1nc(C(=O)NCCc2csc(C)n2)n[nH]1. The lowest BCUT2D eigenvalue weighted by molar-refractivity contribution is 0.0944. The summed E-state index contributed by atoms with van der Waals surface area (Å²) in [5.41, 5.74) is 0.999. The van der Waals surface area contributed by atoms with Gasteiger partial charge < -0.3 is 5.32 Å². The molecular formula is C10H13N5OS. The molecule has 0 bridgehead atoms. The number of thiazole rings is 1. The molecular weight excluding hydrogens is 238 g/mol. The van der Waals surface area contributed by atoms with Gasteiger partial charge >= 0.3 is 0 Å². The van der Waals surface area contributed by atoms with Gasteiger partial charge in [-0.1, -0.05) is 0 Å². The van der Waals surface area contributed by atoms with Crippen molar-refractivity contribution in [1.82, 2.24) is 25.5 Å². The highest BCUT2D eigenvalue weighted by Crippen LogP contribution is 2.07. The molecule has 6 nitrogen and oxygen atoms in total. The monoisotopic (exact) mass is 251 g/mol. The highest BCUT2D eigenvalue weighted by atomic mass is 32.1. The number of nitrogens with one attached hydrogen (secondary N) is 2. The number of H-pyrrole nitrogens is 1. The molecule has 2 aromatic rings. The van der Waals surface area contributed by atoms with E-state index in [0.717, 1.165) is 17.1 Å². The molecule has 90 valence electrons. The van der Waals surface area contributed by atoms with Gasteiger partial charge in [0.1, 0.15) is 5.82 Å². The maximum Gasteiger partial charge on any atom is 0.290 e. The molecule has 0 aromatic carbocycles. The van der Waals surface area contributed by atoms with Gasteiger partial charge in [0.15, 0.2) is 0 Å². The van der Waals surface area contributed by atoms with Gasteiger partial charge in [-0.3, -0.25) is 9.89 Å². The van der Waals surface area contributed by atoms with E-state index in [9.17, 15) is 4.79 Å². The average molecular weight is 251 g/mol. The molecule has 0 aliphatic rings. The first-order valence-corrected chi connectivity index (χ1v) is 6.11. The molecule has 7 heteroatoms. The fraction of sp³-hybridized carbons (Fsp3) is 0.400. The van der Waals surface area contributed by atoms with Crippen LogP contribution in [0.5, 0.6) is 0 Å². The van der Waals surface area contributed by atoms with Crippen LogP contribution in [0.3, 0.4) is 0 Å². The van der Waals surface area contributed by atoms with Crippen LogP contribution in [0.15, 0.2) is 5.38 Å². The van der Waals surface area contributed by atoms with Crippen molar-refractivity contribution in [3.63, 3.8) is 0 Å². The van der Waals surface area contributed by atoms with Gasteiger partial charge in [-0.2, -0.15) is 0 Å². The van der Waals surface area contributed by atoms with Crippen molar-refractivity contribution in [3.8, 4) is 0 Å². The van der Waals surface area contributed by atoms with Gasteiger partial charge in [-0.05, 0) is 13.8 Å².